The number of nitrogens with one attached hydrogen (secondary N) is 2. The van der Waals surface area contributed by atoms with Gasteiger partial charge < -0.3 is 5.32 Å². The van der Waals surface area contributed by atoms with Crippen LogP contribution in [0.1, 0.15) is 12.5 Å². The van der Waals surface area contributed by atoms with E-state index in [-0.39, 0.29) is 0 Å². The zero-order valence-corrected chi connectivity index (χ0v) is 14.4. The highest BCUT2D eigenvalue weighted by Crippen LogP contribution is 2.24. The van der Waals surface area contributed by atoms with E-state index in [1.807, 2.05) is 30.7 Å². The Labute approximate surface area is 134 Å². The zero-order chi connectivity index (χ0) is 15.3. The van der Waals surface area contributed by atoms with Crippen LogP contribution in [0.25, 0.3) is 0 Å². The van der Waals surface area contributed by atoms with Gasteiger partial charge in [0.2, 0.25) is 0 Å². The molecule has 0 unspecified atom stereocenters. The van der Waals surface area contributed by atoms with E-state index in [1.54, 1.807) is 30.0 Å². The molecule has 1 aromatic heterocycles. The average Bonchev–Trinajstić information content (AvgIpc) is 2.95. The van der Waals surface area contributed by atoms with Crippen molar-refractivity contribution in [3.63, 3.8) is 0 Å². The normalized spacial score (nSPS) is 11.5. The molecule has 7 heteroatoms. The molecule has 0 aliphatic heterocycles. The van der Waals surface area contributed by atoms with Crippen LogP contribution in [0.3, 0.4) is 0 Å². The van der Waals surface area contributed by atoms with Crippen molar-refractivity contribution in [1.82, 2.24) is 5.32 Å². The van der Waals surface area contributed by atoms with Gasteiger partial charge in [0.05, 0.1) is 0 Å². The topological polar surface area (TPSA) is 58.2 Å². The van der Waals surface area contributed by atoms with Gasteiger partial charge >= 0.3 is 0 Å². The van der Waals surface area contributed by atoms with Crippen LogP contribution < -0.4 is 10.0 Å². The van der Waals surface area contributed by atoms with Gasteiger partial charge in [-0.15, -0.1) is 23.1 Å². The molecule has 0 atom stereocenters. The van der Waals surface area contributed by atoms with Gasteiger partial charge in [0.25, 0.3) is 10.0 Å². The van der Waals surface area contributed by atoms with Gasteiger partial charge in [0, 0.05) is 17.1 Å². The Kier molecular flexibility index (Phi) is 5.69. The average molecular weight is 343 g/mol. The second-order valence-corrected chi connectivity index (χ2v) is 8.09. The van der Waals surface area contributed by atoms with Crippen LogP contribution in [0.15, 0.2) is 44.8 Å². The molecule has 21 heavy (non-hydrogen) atoms. The van der Waals surface area contributed by atoms with E-state index >= 15 is 0 Å². The lowest BCUT2D eigenvalue weighted by atomic mass is 10.3. The summed E-state index contributed by atoms with van der Waals surface area (Å²) in [4.78, 5) is 1.10. The van der Waals surface area contributed by atoms with Crippen molar-refractivity contribution in [1.29, 1.82) is 0 Å². The smallest absolute Gasteiger partial charge is 0.271 e. The molecule has 4 nitrogen and oxygen atoms in total. The number of hydrogen-bond donors (Lipinski definition) is 2. The summed E-state index contributed by atoms with van der Waals surface area (Å²) in [6.07, 6.45) is 1.98. The Morgan fingerprint density at radius 1 is 1.24 bits per heavy atom. The first-order valence-corrected chi connectivity index (χ1v) is 10.1. The molecule has 114 valence electrons. The zero-order valence-electron chi connectivity index (χ0n) is 11.9. The fourth-order valence-electron chi connectivity index (χ4n) is 1.72. The Balaban J connectivity index is 2.11. The second-order valence-electron chi connectivity index (χ2n) is 4.39. The first-order valence-electron chi connectivity index (χ1n) is 6.50. The largest absolute Gasteiger partial charge is 0.313 e. The van der Waals surface area contributed by atoms with Gasteiger partial charge in [-0.25, -0.2) is 8.42 Å². The van der Waals surface area contributed by atoms with Crippen molar-refractivity contribution in [3.05, 3.63) is 41.3 Å². The molecule has 0 radical (unpaired) electrons. The summed E-state index contributed by atoms with van der Waals surface area (Å²) in [5, 5.41) is 5.05. The van der Waals surface area contributed by atoms with E-state index < -0.39 is 10.0 Å². The number of benzene rings is 1. The van der Waals surface area contributed by atoms with Gasteiger partial charge in [0.15, 0.2) is 0 Å². The van der Waals surface area contributed by atoms with Crippen LogP contribution in [0.4, 0.5) is 5.69 Å². The van der Waals surface area contributed by atoms with Gasteiger partial charge in [-0.3, -0.25) is 4.72 Å². The first kappa shape index (κ1) is 16.4. The summed E-state index contributed by atoms with van der Waals surface area (Å²) in [6, 6.07) is 9.06. The van der Waals surface area contributed by atoms with Crippen molar-refractivity contribution >= 4 is 38.8 Å². The number of hydrogen-bond acceptors (Lipinski definition) is 5. The quantitative estimate of drug-likeness (QED) is 0.757. The van der Waals surface area contributed by atoms with Crippen molar-refractivity contribution in [2.45, 2.75) is 22.6 Å². The SMILES string of the molecule is CCNCc1csc(S(=O)(=O)Nc2ccc(SC)cc2)c1. The second kappa shape index (κ2) is 7.31. The van der Waals surface area contributed by atoms with Crippen molar-refractivity contribution in [3.8, 4) is 0 Å². The summed E-state index contributed by atoms with van der Waals surface area (Å²) < 4.78 is 27.6. The molecule has 0 aliphatic carbocycles. The number of thiophene rings is 1. The molecule has 0 spiro atoms. The maximum Gasteiger partial charge on any atom is 0.271 e. The molecule has 0 fully saturated rings. The summed E-state index contributed by atoms with van der Waals surface area (Å²) in [5.74, 6) is 0. The molecule has 0 saturated carbocycles. The highest BCUT2D eigenvalue weighted by Gasteiger charge is 2.16. The minimum Gasteiger partial charge on any atom is -0.313 e. The highest BCUT2D eigenvalue weighted by molar-refractivity contribution is 7.98. The van der Waals surface area contributed by atoms with Crippen molar-refractivity contribution < 1.29 is 8.42 Å². The monoisotopic (exact) mass is 342 g/mol. The Morgan fingerprint density at radius 2 is 1.95 bits per heavy atom. The number of thioether (sulfide) groups is 1. The fraction of sp³-hybridized carbons (Fsp3) is 0.286. The molecule has 2 rings (SSSR count). The van der Waals surface area contributed by atoms with Crippen LogP contribution in [-0.2, 0) is 16.6 Å². The lowest BCUT2D eigenvalue weighted by molar-refractivity contribution is 0.603. The first-order chi connectivity index (χ1) is 10.0. The summed E-state index contributed by atoms with van der Waals surface area (Å²) in [6.45, 7) is 3.56. The molecule has 0 aliphatic rings. The van der Waals surface area contributed by atoms with E-state index in [9.17, 15) is 8.42 Å². The van der Waals surface area contributed by atoms with E-state index in [2.05, 4.69) is 10.0 Å². The Bertz CT molecular complexity index is 678. The predicted molar refractivity (Wildman–Crippen MR) is 90.7 cm³/mol. The van der Waals surface area contributed by atoms with Crippen LogP contribution in [0.2, 0.25) is 0 Å². The number of anilines is 1. The van der Waals surface area contributed by atoms with Crippen LogP contribution in [0.5, 0.6) is 0 Å². The highest BCUT2D eigenvalue weighted by atomic mass is 32.2. The van der Waals surface area contributed by atoms with Gasteiger partial charge in [0.1, 0.15) is 4.21 Å². The lowest BCUT2D eigenvalue weighted by Crippen LogP contribution is -2.12. The van der Waals surface area contributed by atoms with E-state index in [4.69, 9.17) is 0 Å². The van der Waals surface area contributed by atoms with E-state index in [0.717, 1.165) is 17.0 Å². The van der Waals surface area contributed by atoms with E-state index in [0.29, 0.717) is 16.4 Å². The molecule has 2 N–H and O–H groups in total. The van der Waals surface area contributed by atoms with Gasteiger partial charge in [-0.2, -0.15) is 0 Å². The van der Waals surface area contributed by atoms with Crippen molar-refractivity contribution in [2.24, 2.45) is 0 Å². The summed E-state index contributed by atoms with van der Waals surface area (Å²) in [7, 11) is -3.50. The van der Waals surface area contributed by atoms with Gasteiger partial charge in [-0.1, -0.05) is 6.92 Å². The van der Waals surface area contributed by atoms with Crippen LogP contribution >= 0.6 is 23.1 Å². The lowest BCUT2D eigenvalue weighted by Gasteiger charge is -2.06. The van der Waals surface area contributed by atoms with Gasteiger partial charge in [-0.05, 0) is 54.1 Å². The molecule has 2 aromatic rings. The Morgan fingerprint density at radius 3 is 2.57 bits per heavy atom. The molecular formula is C14H18N2O2S3. The minimum atomic E-state index is -3.50. The Hall–Kier alpha value is -1.02. The number of rotatable bonds is 7. The van der Waals surface area contributed by atoms with Crippen molar-refractivity contribution in [2.75, 3.05) is 17.5 Å². The third kappa shape index (κ3) is 4.47. The standard InChI is InChI=1S/C14H18N2O2S3/c1-3-15-9-11-8-14(20-10-11)21(17,18)16-12-4-6-13(19-2)7-5-12/h4-8,10,15-16H,3,9H2,1-2H3. The minimum absolute atomic E-state index is 0.337. The molecule has 1 heterocycles. The number of sulfonamides is 1. The summed E-state index contributed by atoms with van der Waals surface area (Å²) in [5.41, 5.74) is 1.56. The third-order valence-corrected chi connectivity index (χ3v) is 6.43. The molecular weight excluding hydrogens is 324 g/mol. The molecule has 0 amide bonds. The third-order valence-electron chi connectivity index (χ3n) is 2.82. The van der Waals surface area contributed by atoms with E-state index in [1.165, 1.54) is 11.3 Å². The van der Waals surface area contributed by atoms with Crippen LogP contribution in [-0.4, -0.2) is 21.2 Å². The fourth-order valence-corrected chi connectivity index (χ4v) is 4.40. The molecule has 0 bridgehead atoms. The summed E-state index contributed by atoms with van der Waals surface area (Å²) >= 11 is 2.86. The maximum atomic E-state index is 12.3. The molecule has 1 aromatic carbocycles. The maximum absolute atomic E-state index is 12.3. The predicted octanol–water partition coefficient (Wildman–Crippen LogP) is 3.38. The molecule has 0 saturated heterocycles. The van der Waals surface area contributed by atoms with Crippen LogP contribution in [0, 0.1) is 0 Å².